The molecule has 0 atom stereocenters. The van der Waals surface area contributed by atoms with Crippen LogP contribution in [-0.4, -0.2) is 28.0 Å². The molecule has 0 aromatic carbocycles. The second kappa shape index (κ2) is 8.22. The molecule has 142 valence electrons. The minimum Gasteiger partial charge on any atom is -0.467 e. The molecular weight excluding hydrogens is 360 g/mol. The molecule has 0 spiro atoms. The largest absolute Gasteiger partial charge is 0.467 e. The highest BCUT2D eigenvalue weighted by Gasteiger charge is 2.21. The molecule has 3 rings (SSSR count). The van der Waals surface area contributed by atoms with Gasteiger partial charge in [0.15, 0.2) is 6.61 Å². The van der Waals surface area contributed by atoms with Gasteiger partial charge in [0.1, 0.15) is 17.6 Å². The number of hydrogen-bond donors (Lipinski definition) is 1. The molecule has 1 amide bonds. The molecule has 28 heavy (non-hydrogen) atoms. The molecule has 0 aliphatic heterocycles. The Morgan fingerprint density at radius 2 is 2.04 bits per heavy atom. The van der Waals surface area contributed by atoms with Crippen LogP contribution in [0.15, 0.2) is 47.3 Å². The summed E-state index contributed by atoms with van der Waals surface area (Å²) >= 11 is 0. The van der Waals surface area contributed by atoms with Crippen molar-refractivity contribution < 1.29 is 18.7 Å². The standard InChI is InChI=1S/C20H18N4O4/c1-13-14(2)24(11-16-4-3-9-27-16)19(17(13)10-21)23-18(25)12-28-20(26)15-5-7-22-8-6-15/h3-9H,11-12H2,1-2H3,(H,23,25). The molecule has 0 saturated carbocycles. The van der Waals surface area contributed by atoms with Crippen molar-refractivity contribution in [1.82, 2.24) is 9.55 Å². The molecule has 0 radical (unpaired) electrons. The maximum atomic E-state index is 12.3. The van der Waals surface area contributed by atoms with Crippen molar-refractivity contribution in [3.8, 4) is 6.07 Å². The third-order valence-corrected chi connectivity index (χ3v) is 4.34. The van der Waals surface area contributed by atoms with Crippen molar-refractivity contribution >= 4 is 17.7 Å². The predicted octanol–water partition coefficient (Wildman–Crippen LogP) is 2.81. The molecule has 0 aliphatic rings. The van der Waals surface area contributed by atoms with E-state index in [0.29, 0.717) is 29.2 Å². The number of pyridine rings is 1. The summed E-state index contributed by atoms with van der Waals surface area (Å²) < 4.78 is 12.2. The van der Waals surface area contributed by atoms with Gasteiger partial charge in [-0.15, -0.1) is 0 Å². The number of hydrogen-bond acceptors (Lipinski definition) is 6. The maximum Gasteiger partial charge on any atom is 0.338 e. The Balaban J connectivity index is 1.75. The Kier molecular flexibility index (Phi) is 5.56. The number of aromatic nitrogens is 2. The topological polar surface area (TPSA) is 110 Å². The fourth-order valence-corrected chi connectivity index (χ4v) is 2.76. The van der Waals surface area contributed by atoms with Crippen molar-refractivity contribution in [2.75, 3.05) is 11.9 Å². The Labute approximate surface area is 161 Å². The second-order valence-electron chi connectivity index (χ2n) is 6.07. The molecule has 0 saturated heterocycles. The van der Waals surface area contributed by atoms with Crippen LogP contribution in [0.2, 0.25) is 0 Å². The highest BCUT2D eigenvalue weighted by molar-refractivity contribution is 5.96. The van der Waals surface area contributed by atoms with E-state index in [-0.39, 0.29) is 0 Å². The molecule has 8 heteroatoms. The number of carbonyl (C=O) groups excluding carboxylic acids is 2. The predicted molar refractivity (Wildman–Crippen MR) is 99.6 cm³/mol. The van der Waals surface area contributed by atoms with Crippen molar-refractivity contribution in [3.63, 3.8) is 0 Å². The van der Waals surface area contributed by atoms with Gasteiger partial charge in [0, 0.05) is 18.1 Å². The maximum absolute atomic E-state index is 12.3. The van der Waals surface area contributed by atoms with E-state index in [1.807, 2.05) is 19.9 Å². The zero-order chi connectivity index (χ0) is 20.1. The molecule has 0 aliphatic carbocycles. The lowest BCUT2D eigenvalue weighted by Crippen LogP contribution is -2.23. The number of carbonyl (C=O) groups is 2. The van der Waals surface area contributed by atoms with Crippen LogP contribution in [0.4, 0.5) is 5.82 Å². The summed E-state index contributed by atoms with van der Waals surface area (Å²) in [6, 6.07) is 8.69. The second-order valence-corrected chi connectivity index (χ2v) is 6.07. The number of ether oxygens (including phenoxy) is 1. The average Bonchev–Trinajstić information content (AvgIpc) is 3.30. The third-order valence-electron chi connectivity index (χ3n) is 4.34. The number of amides is 1. The zero-order valence-electron chi connectivity index (χ0n) is 15.4. The minimum absolute atomic E-state index is 0.299. The Hall–Kier alpha value is -3.86. The van der Waals surface area contributed by atoms with Crippen LogP contribution in [0.3, 0.4) is 0 Å². The fourth-order valence-electron chi connectivity index (χ4n) is 2.76. The van der Waals surface area contributed by atoms with E-state index in [9.17, 15) is 14.9 Å². The van der Waals surface area contributed by atoms with E-state index >= 15 is 0 Å². The van der Waals surface area contributed by atoms with Crippen LogP contribution in [0.5, 0.6) is 0 Å². The van der Waals surface area contributed by atoms with E-state index in [0.717, 1.165) is 11.3 Å². The molecule has 0 fully saturated rings. The number of nitrogens with zero attached hydrogens (tertiary/aromatic N) is 3. The van der Waals surface area contributed by atoms with Crippen LogP contribution in [0, 0.1) is 25.2 Å². The van der Waals surface area contributed by atoms with E-state index in [2.05, 4.69) is 16.4 Å². The lowest BCUT2D eigenvalue weighted by atomic mass is 10.2. The lowest BCUT2D eigenvalue weighted by Gasteiger charge is -2.12. The monoisotopic (exact) mass is 378 g/mol. The van der Waals surface area contributed by atoms with Gasteiger partial charge in [-0.1, -0.05) is 0 Å². The minimum atomic E-state index is -0.628. The zero-order valence-corrected chi connectivity index (χ0v) is 15.4. The molecular formula is C20H18N4O4. The Bertz CT molecular complexity index is 1030. The van der Waals surface area contributed by atoms with Crippen LogP contribution < -0.4 is 5.32 Å². The number of rotatable bonds is 6. The molecule has 8 nitrogen and oxygen atoms in total. The van der Waals surface area contributed by atoms with Crippen LogP contribution in [0.25, 0.3) is 0 Å². The van der Waals surface area contributed by atoms with Gasteiger partial charge in [0.2, 0.25) is 0 Å². The smallest absolute Gasteiger partial charge is 0.338 e. The lowest BCUT2D eigenvalue weighted by molar-refractivity contribution is -0.119. The Morgan fingerprint density at radius 1 is 1.29 bits per heavy atom. The van der Waals surface area contributed by atoms with Crippen LogP contribution in [-0.2, 0) is 16.1 Å². The summed E-state index contributed by atoms with van der Waals surface area (Å²) in [6.45, 7) is 3.55. The summed E-state index contributed by atoms with van der Waals surface area (Å²) in [5.41, 5.74) is 2.25. The highest BCUT2D eigenvalue weighted by Crippen LogP contribution is 2.27. The summed E-state index contributed by atoms with van der Waals surface area (Å²) in [7, 11) is 0. The quantitative estimate of drug-likeness (QED) is 0.661. The van der Waals surface area contributed by atoms with Gasteiger partial charge in [-0.25, -0.2) is 4.79 Å². The third kappa shape index (κ3) is 3.94. The summed E-state index contributed by atoms with van der Waals surface area (Å²) in [6.07, 6.45) is 4.48. The van der Waals surface area contributed by atoms with E-state index in [1.165, 1.54) is 24.5 Å². The number of nitrogens with one attached hydrogen (secondary N) is 1. The van der Waals surface area contributed by atoms with Crippen LogP contribution in [0.1, 0.15) is 32.9 Å². The SMILES string of the molecule is Cc1c(C#N)c(NC(=O)COC(=O)c2ccncc2)n(Cc2ccco2)c1C. The van der Waals surface area contributed by atoms with Gasteiger partial charge in [0.05, 0.1) is 23.9 Å². The molecule has 0 bridgehead atoms. The Morgan fingerprint density at radius 3 is 2.68 bits per heavy atom. The van der Waals surface area contributed by atoms with E-state index in [4.69, 9.17) is 9.15 Å². The summed E-state index contributed by atoms with van der Waals surface area (Å²) in [5.74, 6) is -0.144. The number of furan rings is 1. The van der Waals surface area contributed by atoms with Gasteiger partial charge in [-0.05, 0) is 43.7 Å². The van der Waals surface area contributed by atoms with Crippen molar-refractivity contribution in [1.29, 1.82) is 5.26 Å². The highest BCUT2D eigenvalue weighted by atomic mass is 16.5. The number of nitriles is 1. The molecule has 3 aromatic rings. The van der Waals surface area contributed by atoms with Gasteiger partial charge >= 0.3 is 5.97 Å². The van der Waals surface area contributed by atoms with Crippen LogP contribution >= 0.6 is 0 Å². The average molecular weight is 378 g/mol. The summed E-state index contributed by atoms with van der Waals surface area (Å²) in [4.78, 5) is 28.1. The normalized spacial score (nSPS) is 10.3. The molecule has 1 N–H and O–H groups in total. The first-order chi connectivity index (χ1) is 13.5. The van der Waals surface area contributed by atoms with E-state index < -0.39 is 18.5 Å². The van der Waals surface area contributed by atoms with Gasteiger partial charge in [0.25, 0.3) is 5.91 Å². The first-order valence-corrected chi connectivity index (χ1v) is 8.50. The first kappa shape index (κ1) is 18.9. The van der Waals surface area contributed by atoms with Gasteiger partial charge < -0.3 is 19.0 Å². The molecule has 3 heterocycles. The van der Waals surface area contributed by atoms with Crippen molar-refractivity contribution in [3.05, 3.63) is 71.1 Å². The van der Waals surface area contributed by atoms with Crippen molar-refractivity contribution in [2.24, 2.45) is 0 Å². The number of anilines is 1. The van der Waals surface area contributed by atoms with E-state index in [1.54, 1.807) is 16.9 Å². The first-order valence-electron chi connectivity index (χ1n) is 8.50. The molecule has 0 unspecified atom stereocenters. The van der Waals surface area contributed by atoms with Crippen molar-refractivity contribution in [2.45, 2.75) is 20.4 Å². The van der Waals surface area contributed by atoms with Gasteiger partial charge in [-0.3, -0.25) is 9.78 Å². The number of esters is 1. The summed E-state index contributed by atoms with van der Waals surface area (Å²) in [5, 5.41) is 12.2. The van der Waals surface area contributed by atoms with Gasteiger partial charge in [-0.2, -0.15) is 5.26 Å². The fraction of sp³-hybridized carbons (Fsp3) is 0.200. The molecule has 3 aromatic heterocycles.